The van der Waals surface area contributed by atoms with E-state index in [0.29, 0.717) is 43.2 Å². The molecule has 0 unspecified atom stereocenters. The van der Waals surface area contributed by atoms with Crippen molar-refractivity contribution in [2.24, 2.45) is 0 Å². The molecule has 2 heterocycles. The lowest BCUT2D eigenvalue weighted by atomic mass is 10.1. The predicted octanol–water partition coefficient (Wildman–Crippen LogP) is 3.06. The molecule has 0 aliphatic carbocycles. The minimum absolute atomic E-state index is 0.0335. The number of piperazine rings is 1. The molecule has 1 aliphatic heterocycles. The number of carbonyl (C=O) groups excluding carboxylic acids is 1. The van der Waals surface area contributed by atoms with Crippen LogP contribution in [0.25, 0.3) is 0 Å². The Morgan fingerprint density at radius 3 is 2.41 bits per heavy atom. The number of anilines is 1. The minimum Gasteiger partial charge on any atom is -0.497 e. The standard InChI is InChI=1S/C24H28N4O5S/c1-17-23(18(2)33-25-17)16-27-11-13-28(14-12-27)24(29)19-5-4-6-22(15-19)34(30,31)26-20-7-9-21(32-3)10-8-20/h4-10,15,26H,11-14,16H2,1-3H3. The molecule has 2 aromatic carbocycles. The van der Waals surface area contributed by atoms with E-state index in [9.17, 15) is 13.2 Å². The molecule has 0 saturated carbocycles. The second-order valence-electron chi connectivity index (χ2n) is 8.23. The highest BCUT2D eigenvalue weighted by Crippen LogP contribution is 2.21. The zero-order valence-electron chi connectivity index (χ0n) is 19.4. The van der Waals surface area contributed by atoms with Gasteiger partial charge in [0.05, 0.1) is 17.7 Å². The third kappa shape index (κ3) is 5.23. The van der Waals surface area contributed by atoms with Gasteiger partial charge in [-0.15, -0.1) is 0 Å². The molecule has 1 aliphatic rings. The first-order valence-electron chi connectivity index (χ1n) is 11.0. The van der Waals surface area contributed by atoms with E-state index in [4.69, 9.17) is 9.26 Å². The smallest absolute Gasteiger partial charge is 0.261 e. The number of nitrogens with zero attached hydrogens (tertiary/aromatic N) is 3. The summed E-state index contributed by atoms with van der Waals surface area (Å²) in [6.45, 7) is 7.11. The first kappa shape index (κ1) is 23.8. The number of aryl methyl sites for hydroxylation is 2. The van der Waals surface area contributed by atoms with Gasteiger partial charge in [-0.1, -0.05) is 11.2 Å². The highest BCUT2D eigenvalue weighted by Gasteiger charge is 2.25. The number of sulfonamides is 1. The molecule has 4 rings (SSSR count). The van der Waals surface area contributed by atoms with Gasteiger partial charge in [0.2, 0.25) is 0 Å². The fraction of sp³-hybridized carbons (Fsp3) is 0.333. The molecule has 180 valence electrons. The molecule has 1 aromatic heterocycles. The van der Waals surface area contributed by atoms with E-state index in [0.717, 1.165) is 23.6 Å². The van der Waals surface area contributed by atoms with Crippen LogP contribution in [-0.2, 0) is 16.6 Å². The van der Waals surface area contributed by atoms with Crippen molar-refractivity contribution < 1.29 is 22.5 Å². The van der Waals surface area contributed by atoms with Crippen LogP contribution in [0, 0.1) is 13.8 Å². The van der Waals surface area contributed by atoms with Gasteiger partial charge in [-0.3, -0.25) is 14.4 Å². The second-order valence-corrected chi connectivity index (χ2v) is 9.92. The third-order valence-electron chi connectivity index (χ3n) is 5.96. The van der Waals surface area contributed by atoms with Gasteiger partial charge in [0.15, 0.2) is 0 Å². The monoisotopic (exact) mass is 484 g/mol. The lowest BCUT2D eigenvalue weighted by Gasteiger charge is -2.34. The molecular weight excluding hydrogens is 456 g/mol. The van der Waals surface area contributed by atoms with Crippen molar-refractivity contribution in [1.29, 1.82) is 0 Å². The van der Waals surface area contributed by atoms with Crippen molar-refractivity contribution in [3.8, 4) is 5.75 Å². The quantitative estimate of drug-likeness (QED) is 0.549. The third-order valence-corrected chi connectivity index (χ3v) is 7.33. The zero-order chi connectivity index (χ0) is 24.3. The Morgan fingerprint density at radius 1 is 1.09 bits per heavy atom. The van der Waals surface area contributed by atoms with Crippen molar-refractivity contribution in [1.82, 2.24) is 15.0 Å². The van der Waals surface area contributed by atoms with Crippen molar-refractivity contribution in [3.63, 3.8) is 0 Å². The van der Waals surface area contributed by atoms with Crippen LogP contribution in [0.3, 0.4) is 0 Å². The summed E-state index contributed by atoms with van der Waals surface area (Å²) in [5.41, 5.74) is 2.73. The summed E-state index contributed by atoms with van der Waals surface area (Å²) in [5, 5.41) is 4.00. The van der Waals surface area contributed by atoms with Gasteiger partial charge < -0.3 is 14.2 Å². The van der Waals surface area contributed by atoms with E-state index in [1.54, 1.807) is 48.4 Å². The van der Waals surface area contributed by atoms with Gasteiger partial charge in [0.25, 0.3) is 15.9 Å². The van der Waals surface area contributed by atoms with Crippen molar-refractivity contribution >= 4 is 21.6 Å². The lowest BCUT2D eigenvalue weighted by molar-refractivity contribution is 0.0627. The summed E-state index contributed by atoms with van der Waals surface area (Å²) in [6, 6.07) is 12.7. The number of rotatable bonds is 7. The van der Waals surface area contributed by atoms with Gasteiger partial charge in [-0.25, -0.2) is 8.42 Å². The van der Waals surface area contributed by atoms with Crippen molar-refractivity contribution in [3.05, 3.63) is 71.1 Å². The van der Waals surface area contributed by atoms with Crippen molar-refractivity contribution in [2.75, 3.05) is 38.0 Å². The Balaban J connectivity index is 1.40. The summed E-state index contributed by atoms with van der Waals surface area (Å²) in [7, 11) is -2.31. The molecule has 0 radical (unpaired) electrons. The molecule has 0 bridgehead atoms. The molecule has 1 saturated heterocycles. The van der Waals surface area contributed by atoms with Crippen LogP contribution in [0.5, 0.6) is 5.75 Å². The maximum absolute atomic E-state index is 13.1. The molecule has 0 atom stereocenters. The van der Waals surface area contributed by atoms with E-state index in [-0.39, 0.29) is 10.8 Å². The van der Waals surface area contributed by atoms with Crippen LogP contribution < -0.4 is 9.46 Å². The number of ether oxygens (including phenoxy) is 1. The Bertz CT molecular complexity index is 1240. The maximum Gasteiger partial charge on any atom is 0.261 e. The highest BCUT2D eigenvalue weighted by atomic mass is 32.2. The van der Waals surface area contributed by atoms with E-state index in [1.807, 2.05) is 13.8 Å². The summed E-state index contributed by atoms with van der Waals surface area (Å²) in [5.74, 6) is 1.26. The Labute approximate surface area is 199 Å². The first-order chi connectivity index (χ1) is 16.3. The lowest BCUT2D eigenvalue weighted by Crippen LogP contribution is -2.48. The second kappa shape index (κ2) is 9.86. The molecular formula is C24H28N4O5S. The number of nitrogens with one attached hydrogen (secondary N) is 1. The van der Waals surface area contributed by atoms with Crippen molar-refractivity contribution in [2.45, 2.75) is 25.3 Å². The Kier molecular flexibility index (Phi) is 6.90. The largest absolute Gasteiger partial charge is 0.497 e. The van der Waals surface area contributed by atoms with Gasteiger partial charge in [0.1, 0.15) is 11.5 Å². The van der Waals surface area contributed by atoms with Crippen LogP contribution in [0.15, 0.2) is 57.9 Å². The van der Waals surface area contributed by atoms with Gasteiger partial charge >= 0.3 is 0 Å². The van der Waals surface area contributed by atoms with Gasteiger partial charge in [-0.2, -0.15) is 0 Å². The number of hydrogen-bond donors (Lipinski definition) is 1. The summed E-state index contributed by atoms with van der Waals surface area (Å²) in [4.78, 5) is 17.1. The van der Waals surface area contributed by atoms with E-state index >= 15 is 0 Å². The molecule has 1 amide bonds. The molecule has 34 heavy (non-hydrogen) atoms. The molecule has 1 N–H and O–H groups in total. The molecule has 9 nitrogen and oxygen atoms in total. The average Bonchev–Trinajstić information content (AvgIpc) is 3.16. The van der Waals surface area contributed by atoms with E-state index in [2.05, 4.69) is 14.8 Å². The molecule has 1 fully saturated rings. The summed E-state index contributed by atoms with van der Waals surface area (Å²) >= 11 is 0. The van der Waals surface area contributed by atoms with Crippen LogP contribution in [-0.4, -0.2) is 62.6 Å². The van der Waals surface area contributed by atoms with Crippen LogP contribution in [0.1, 0.15) is 27.4 Å². The fourth-order valence-electron chi connectivity index (χ4n) is 3.91. The van der Waals surface area contributed by atoms with E-state index in [1.165, 1.54) is 12.1 Å². The average molecular weight is 485 g/mol. The summed E-state index contributed by atoms with van der Waals surface area (Å²) in [6.07, 6.45) is 0. The van der Waals surface area contributed by atoms with Crippen LogP contribution in [0.2, 0.25) is 0 Å². The number of amides is 1. The zero-order valence-corrected chi connectivity index (χ0v) is 20.3. The summed E-state index contributed by atoms with van der Waals surface area (Å²) < 4.78 is 38.6. The number of carbonyl (C=O) groups is 1. The number of benzene rings is 2. The highest BCUT2D eigenvalue weighted by molar-refractivity contribution is 7.92. The Morgan fingerprint density at radius 2 is 1.79 bits per heavy atom. The normalized spacial score (nSPS) is 14.7. The molecule has 3 aromatic rings. The van der Waals surface area contributed by atoms with Crippen LogP contribution >= 0.6 is 0 Å². The number of hydrogen-bond acceptors (Lipinski definition) is 7. The SMILES string of the molecule is COc1ccc(NS(=O)(=O)c2cccc(C(=O)N3CCN(Cc4c(C)noc4C)CC3)c2)cc1. The fourth-order valence-corrected chi connectivity index (χ4v) is 5.02. The molecule has 10 heteroatoms. The van der Waals surface area contributed by atoms with Gasteiger partial charge in [-0.05, 0) is 56.3 Å². The minimum atomic E-state index is -3.85. The Hall–Kier alpha value is -3.37. The van der Waals surface area contributed by atoms with Gasteiger partial charge in [0, 0.05) is 49.5 Å². The predicted molar refractivity (Wildman–Crippen MR) is 127 cm³/mol. The number of methoxy groups -OCH3 is 1. The topological polar surface area (TPSA) is 105 Å². The first-order valence-corrected chi connectivity index (χ1v) is 12.5. The van der Waals surface area contributed by atoms with Crippen LogP contribution in [0.4, 0.5) is 5.69 Å². The maximum atomic E-state index is 13.1. The molecule has 0 spiro atoms. The van der Waals surface area contributed by atoms with E-state index < -0.39 is 10.0 Å². The number of aromatic nitrogens is 1.